The van der Waals surface area contributed by atoms with E-state index < -0.39 is 6.10 Å². The number of nitrogens with zero attached hydrogens (tertiary/aromatic N) is 2. The molecule has 3 fully saturated rings. The summed E-state index contributed by atoms with van der Waals surface area (Å²) in [4.78, 5) is 17.8. The highest BCUT2D eigenvalue weighted by Gasteiger charge is 2.59. The lowest BCUT2D eigenvalue weighted by Crippen LogP contribution is -2.55. The molecule has 1 aromatic carbocycles. The van der Waals surface area contributed by atoms with Crippen LogP contribution in [0.1, 0.15) is 44.2 Å². The van der Waals surface area contributed by atoms with Gasteiger partial charge in [0.25, 0.3) is 0 Å². The minimum Gasteiger partial charge on any atom is -0.461 e. The fourth-order valence-corrected chi connectivity index (χ4v) is 6.80. The van der Waals surface area contributed by atoms with Gasteiger partial charge in [0.05, 0.1) is 12.0 Å². The van der Waals surface area contributed by atoms with Crippen LogP contribution >= 0.6 is 0 Å². The van der Waals surface area contributed by atoms with Crippen molar-refractivity contribution < 1.29 is 14.6 Å². The molecule has 0 spiro atoms. The van der Waals surface area contributed by atoms with Crippen molar-refractivity contribution in [2.45, 2.75) is 59.2 Å². The number of carbonyl (C=O) groups is 1. The van der Waals surface area contributed by atoms with Gasteiger partial charge in [0.1, 0.15) is 6.10 Å². The minimum absolute atomic E-state index is 0.0951. The first-order valence-corrected chi connectivity index (χ1v) is 12.4. The van der Waals surface area contributed by atoms with E-state index in [-0.39, 0.29) is 29.3 Å². The molecule has 0 aromatic heterocycles. The number of carbonyl (C=O) groups excluding carboxylic acids is 1. The zero-order chi connectivity index (χ0) is 22.6. The van der Waals surface area contributed by atoms with Gasteiger partial charge in [-0.1, -0.05) is 37.6 Å². The van der Waals surface area contributed by atoms with Crippen molar-refractivity contribution in [2.24, 2.45) is 23.2 Å². The van der Waals surface area contributed by atoms with Crippen LogP contribution in [-0.4, -0.2) is 60.9 Å². The van der Waals surface area contributed by atoms with Crippen LogP contribution in [0.5, 0.6) is 0 Å². The maximum atomic E-state index is 12.9. The van der Waals surface area contributed by atoms with Crippen molar-refractivity contribution in [1.29, 1.82) is 0 Å². The summed E-state index contributed by atoms with van der Waals surface area (Å²) in [5.74, 6) is -0.000529. The molecule has 174 valence electrons. The van der Waals surface area contributed by atoms with E-state index in [9.17, 15) is 9.90 Å². The number of esters is 1. The number of ether oxygens (including phenoxy) is 1. The lowest BCUT2D eigenvalue weighted by Gasteiger charge is -2.52. The quantitative estimate of drug-likeness (QED) is 0.576. The number of aliphatic hydroxyl groups is 1. The fourth-order valence-electron chi connectivity index (χ4n) is 6.80. The van der Waals surface area contributed by atoms with Gasteiger partial charge < -0.3 is 14.7 Å². The SMILES string of the molecule is Cc1cccc(N2CCN(C[C@@H]3C(=O)O[C@@H]4CC5=CCC[C@H](C)[C@@]5(C)[C@H](O)[C@H]34)CC2)c1C. The average molecular weight is 439 g/mol. The predicted octanol–water partition coefficient (Wildman–Crippen LogP) is 3.71. The number of hydrogen-bond acceptors (Lipinski definition) is 5. The summed E-state index contributed by atoms with van der Waals surface area (Å²) >= 11 is 0. The summed E-state index contributed by atoms with van der Waals surface area (Å²) in [5.41, 5.74) is 5.08. The molecule has 5 heteroatoms. The molecule has 2 aliphatic heterocycles. The molecule has 2 aliphatic carbocycles. The first-order chi connectivity index (χ1) is 15.3. The van der Waals surface area contributed by atoms with E-state index >= 15 is 0 Å². The van der Waals surface area contributed by atoms with Gasteiger partial charge in [-0.3, -0.25) is 9.69 Å². The second-order valence-corrected chi connectivity index (χ2v) is 10.8. The minimum atomic E-state index is -0.518. The fraction of sp³-hybridized carbons (Fsp3) is 0.667. The van der Waals surface area contributed by atoms with Crippen molar-refractivity contribution in [3.63, 3.8) is 0 Å². The third kappa shape index (κ3) is 3.40. The number of rotatable bonds is 3. The van der Waals surface area contributed by atoms with E-state index in [1.807, 2.05) is 0 Å². The molecule has 0 bridgehead atoms. The van der Waals surface area contributed by atoms with Crippen LogP contribution in [0.25, 0.3) is 0 Å². The van der Waals surface area contributed by atoms with Gasteiger partial charge in [0.2, 0.25) is 0 Å². The molecule has 6 atom stereocenters. The van der Waals surface area contributed by atoms with E-state index in [1.54, 1.807) is 0 Å². The van der Waals surface area contributed by atoms with Crippen LogP contribution in [0.2, 0.25) is 0 Å². The highest BCUT2D eigenvalue weighted by Crippen LogP contribution is 2.56. The molecule has 4 aliphatic rings. The number of allylic oxidation sites excluding steroid dienone is 1. The zero-order valence-electron chi connectivity index (χ0n) is 20.0. The molecular weight excluding hydrogens is 400 g/mol. The molecule has 32 heavy (non-hydrogen) atoms. The van der Waals surface area contributed by atoms with Gasteiger partial charge in [-0.15, -0.1) is 0 Å². The monoisotopic (exact) mass is 438 g/mol. The Bertz CT molecular complexity index is 919. The normalized spacial score (nSPS) is 37.5. The number of hydrogen-bond donors (Lipinski definition) is 1. The lowest BCUT2D eigenvalue weighted by atomic mass is 9.55. The van der Waals surface area contributed by atoms with Crippen LogP contribution < -0.4 is 4.90 Å². The highest BCUT2D eigenvalue weighted by molar-refractivity contribution is 5.76. The van der Waals surface area contributed by atoms with Gasteiger partial charge in [-0.2, -0.15) is 0 Å². The Kier molecular flexibility index (Phi) is 5.61. The van der Waals surface area contributed by atoms with Crippen LogP contribution in [0.15, 0.2) is 29.8 Å². The number of fused-ring (bicyclic) bond motifs is 2. The average Bonchev–Trinajstić information content (AvgIpc) is 3.08. The summed E-state index contributed by atoms with van der Waals surface area (Å²) in [6.07, 6.45) is 4.59. The van der Waals surface area contributed by atoms with Crippen LogP contribution in [0.4, 0.5) is 5.69 Å². The molecule has 1 aromatic rings. The summed E-state index contributed by atoms with van der Waals surface area (Å²) < 4.78 is 5.86. The molecule has 0 unspecified atom stereocenters. The van der Waals surface area contributed by atoms with E-state index in [0.29, 0.717) is 12.5 Å². The molecule has 5 nitrogen and oxygen atoms in total. The van der Waals surface area contributed by atoms with Crippen molar-refractivity contribution in [1.82, 2.24) is 4.90 Å². The smallest absolute Gasteiger partial charge is 0.311 e. The van der Waals surface area contributed by atoms with Crippen molar-refractivity contribution in [3.05, 3.63) is 41.0 Å². The molecule has 2 saturated heterocycles. The van der Waals surface area contributed by atoms with E-state index in [4.69, 9.17) is 4.74 Å². The first kappa shape index (κ1) is 22.0. The van der Waals surface area contributed by atoms with Crippen molar-refractivity contribution in [2.75, 3.05) is 37.6 Å². The lowest BCUT2D eigenvalue weighted by molar-refractivity contribution is -0.145. The number of aryl methyl sites for hydroxylation is 1. The van der Waals surface area contributed by atoms with Gasteiger partial charge in [-0.05, 0) is 49.8 Å². The summed E-state index contributed by atoms with van der Waals surface area (Å²) in [7, 11) is 0. The van der Waals surface area contributed by atoms with Gasteiger partial charge in [0.15, 0.2) is 0 Å². The third-order valence-corrected chi connectivity index (χ3v) is 9.31. The second kappa shape index (κ2) is 8.18. The van der Waals surface area contributed by atoms with Gasteiger partial charge >= 0.3 is 5.97 Å². The van der Waals surface area contributed by atoms with Crippen LogP contribution in [0, 0.1) is 37.0 Å². The Morgan fingerprint density at radius 1 is 1.19 bits per heavy atom. The predicted molar refractivity (Wildman–Crippen MR) is 127 cm³/mol. The third-order valence-electron chi connectivity index (χ3n) is 9.31. The number of aliphatic hydroxyl groups excluding tert-OH is 1. The molecular formula is C27H38N2O3. The van der Waals surface area contributed by atoms with Gasteiger partial charge in [-0.25, -0.2) is 0 Å². The summed E-state index contributed by atoms with van der Waals surface area (Å²) in [6.45, 7) is 13.3. The maximum absolute atomic E-state index is 12.9. The Morgan fingerprint density at radius 2 is 1.94 bits per heavy atom. The standard InChI is InChI=1S/C27H38N2O3/c1-17-7-5-10-22(19(17)3)29-13-11-28(12-14-29)16-21-24-23(32-26(21)31)15-20-9-6-8-18(2)27(20,4)25(24)30/h5,7,9-10,18,21,23-25,30H,6,8,11-16H2,1-4H3/t18-,21-,23+,24+,25+,27+/m0/s1. The van der Waals surface area contributed by atoms with E-state index in [0.717, 1.165) is 45.4 Å². The Labute approximate surface area is 192 Å². The van der Waals surface area contributed by atoms with Crippen LogP contribution in [0.3, 0.4) is 0 Å². The van der Waals surface area contributed by atoms with Crippen molar-refractivity contribution in [3.8, 4) is 0 Å². The molecule has 5 rings (SSSR count). The molecule has 0 radical (unpaired) electrons. The number of anilines is 1. The Morgan fingerprint density at radius 3 is 2.69 bits per heavy atom. The number of piperazine rings is 1. The Balaban J connectivity index is 1.28. The zero-order valence-corrected chi connectivity index (χ0v) is 20.0. The topological polar surface area (TPSA) is 53.0 Å². The van der Waals surface area contributed by atoms with E-state index in [2.05, 4.69) is 61.8 Å². The maximum Gasteiger partial charge on any atom is 0.311 e. The van der Waals surface area contributed by atoms with Crippen LogP contribution in [-0.2, 0) is 9.53 Å². The van der Waals surface area contributed by atoms with E-state index in [1.165, 1.54) is 22.4 Å². The molecule has 0 amide bonds. The molecule has 2 heterocycles. The first-order valence-electron chi connectivity index (χ1n) is 12.4. The number of benzene rings is 1. The van der Waals surface area contributed by atoms with Gasteiger partial charge in [0, 0.05) is 56.2 Å². The van der Waals surface area contributed by atoms with Crippen molar-refractivity contribution >= 4 is 11.7 Å². The summed E-state index contributed by atoms with van der Waals surface area (Å²) in [6, 6.07) is 6.52. The second-order valence-electron chi connectivity index (χ2n) is 10.8. The largest absolute Gasteiger partial charge is 0.461 e. The summed E-state index contributed by atoms with van der Waals surface area (Å²) in [5, 5.41) is 11.6. The molecule has 1 saturated carbocycles. The highest BCUT2D eigenvalue weighted by atomic mass is 16.6. The molecule has 1 N–H and O–H groups in total. The Hall–Kier alpha value is -1.85.